The van der Waals surface area contributed by atoms with Crippen molar-refractivity contribution < 1.29 is 9.53 Å². The summed E-state index contributed by atoms with van der Waals surface area (Å²) in [7, 11) is 1.71. The van der Waals surface area contributed by atoms with Crippen molar-refractivity contribution in [3.63, 3.8) is 0 Å². The lowest BCUT2D eigenvalue weighted by Gasteiger charge is -2.25. The van der Waals surface area contributed by atoms with Gasteiger partial charge in [0.25, 0.3) is 0 Å². The van der Waals surface area contributed by atoms with Gasteiger partial charge in [-0.3, -0.25) is 4.79 Å². The Labute approximate surface area is 147 Å². The maximum Gasteiger partial charge on any atom is 0.159 e. The van der Waals surface area contributed by atoms with Gasteiger partial charge in [0, 0.05) is 22.2 Å². The predicted octanol–water partition coefficient (Wildman–Crippen LogP) is 3.81. The zero-order chi connectivity index (χ0) is 17.4. The minimum atomic E-state index is 0.108. The summed E-state index contributed by atoms with van der Waals surface area (Å²) in [4.78, 5) is 15.3. The molecular weight excluding hydrogens is 312 g/mol. The van der Waals surface area contributed by atoms with Gasteiger partial charge in [0.05, 0.1) is 13.2 Å². The molecule has 0 saturated carbocycles. The third-order valence-electron chi connectivity index (χ3n) is 5.08. The molecule has 1 aliphatic rings. The van der Waals surface area contributed by atoms with Gasteiger partial charge in [-0.1, -0.05) is 18.2 Å². The minimum absolute atomic E-state index is 0.108. The molecule has 2 N–H and O–H groups in total. The summed E-state index contributed by atoms with van der Waals surface area (Å²) in [6.07, 6.45) is 1.84. The van der Waals surface area contributed by atoms with Crippen molar-refractivity contribution in [3.8, 4) is 5.75 Å². The van der Waals surface area contributed by atoms with Crippen molar-refractivity contribution in [2.45, 2.75) is 25.8 Å². The van der Waals surface area contributed by atoms with Crippen LogP contribution >= 0.6 is 0 Å². The fourth-order valence-electron chi connectivity index (χ4n) is 3.79. The van der Waals surface area contributed by atoms with Crippen LogP contribution in [0.2, 0.25) is 0 Å². The van der Waals surface area contributed by atoms with Gasteiger partial charge in [-0.05, 0) is 61.7 Å². The number of aromatic amines is 1. The smallest absolute Gasteiger partial charge is 0.159 e. The van der Waals surface area contributed by atoms with E-state index in [-0.39, 0.29) is 11.8 Å². The van der Waals surface area contributed by atoms with E-state index >= 15 is 0 Å². The van der Waals surface area contributed by atoms with Crippen molar-refractivity contribution >= 4 is 16.7 Å². The molecule has 1 aromatic heterocycles. The molecule has 0 radical (unpaired) electrons. The summed E-state index contributed by atoms with van der Waals surface area (Å²) < 4.78 is 5.50. The maximum absolute atomic E-state index is 11.7. The van der Waals surface area contributed by atoms with Crippen molar-refractivity contribution in [2.24, 2.45) is 0 Å². The lowest BCUT2D eigenvalue weighted by Crippen LogP contribution is -2.31. The molecule has 128 valence electrons. The normalized spacial score (nSPS) is 16.6. The van der Waals surface area contributed by atoms with E-state index in [0.717, 1.165) is 36.2 Å². The Hall–Kier alpha value is -2.59. The molecule has 25 heavy (non-hydrogen) atoms. The van der Waals surface area contributed by atoms with Gasteiger partial charge in [-0.2, -0.15) is 0 Å². The summed E-state index contributed by atoms with van der Waals surface area (Å²) >= 11 is 0. The molecule has 0 fully saturated rings. The third-order valence-corrected chi connectivity index (χ3v) is 5.08. The number of hydrogen-bond acceptors (Lipinski definition) is 3. The highest BCUT2D eigenvalue weighted by atomic mass is 16.5. The van der Waals surface area contributed by atoms with Crippen LogP contribution in [0.4, 0.5) is 0 Å². The van der Waals surface area contributed by atoms with Gasteiger partial charge >= 0.3 is 0 Å². The number of rotatable bonds is 4. The van der Waals surface area contributed by atoms with Crippen LogP contribution in [-0.2, 0) is 12.8 Å². The van der Waals surface area contributed by atoms with Gasteiger partial charge < -0.3 is 15.0 Å². The van der Waals surface area contributed by atoms with E-state index in [2.05, 4.69) is 16.4 Å². The number of ketones is 1. The Bertz CT molecular complexity index is 942. The van der Waals surface area contributed by atoms with Crippen molar-refractivity contribution in [1.82, 2.24) is 10.3 Å². The molecule has 4 nitrogen and oxygen atoms in total. The fraction of sp³-hybridized carbons (Fsp3) is 0.286. The first kappa shape index (κ1) is 15.9. The molecule has 1 unspecified atom stereocenters. The van der Waals surface area contributed by atoms with E-state index in [1.54, 1.807) is 14.0 Å². The molecule has 0 bridgehead atoms. The second-order valence-electron chi connectivity index (χ2n) is 6.61. The molecule has 0 aliphatic carbocycles. The lowest BCUT2D eigenvalue weighted by molar-refractivity contribution is 0.101. The van der Waals surface area contributed by atoms with Gasteiger partial charge in [-0.25, -0.2) is 0 Å². The Kier molecular flexibility index (Phi) is 4.06. The fourth-order valence-corrected chi connectivity index (χ4v) is 3.79. The SMILES string of the molecule is COc1ccccc1CC1NCCc2c1[nH]c1ccc(C(C)=O)cc21. The van der Waals surface area contributed by atoms with E-state index in [9.17, 15) is 4.79 Å². The van der Waals surface area contributed by atoms with Crippen molar-refractivity contribution in [2.75, 3.05) is 13.7 Å². The molecule has 1 aliphatic heterocycles. The first-order valence-corrected chi connectivity index (χ1v) is 8.68. The van der Waals surface area contributed by atoms with E-state index in [0.29, 0.717) is 0 Å². The molecular formula is C21H22N2O2. The van der Waals surface area contributed by atoms with Crippen LogP contribution in [0.5, 0.6) is 5.75 Å². The zero-order valence-electron chi connectivity index (χ0n) is 14.6. The van der Waals surface area contributed by atoms with Gasteiger partial charge in [0.1, 0.15) is 5.75 Å². The van der Waals surface area contributed by atoms with Crippen LogP contribution < -0.4 is 10.1 Å². The summed E-state index contributed by atoms with van der Waals surface area (Å²) in [5.74, 6) is 1.03. The number of carbonyl (C=O) groups excluding carboxylic acids is 1. The van der Waals surface area contributed by atoms with Crippen molar-refractivity contribution in [3.05, 3.63) is 64.8 Å². The second-order valence-corrected chi connectivity index (χ2v) is 6.61. The number of para-hydroxylation sites is 1. The summed E-state index contributed by atoms with van der Waals surface area (Å²) in [5, 5.41) is 4.79. The van der Waals surface area contributed by atoms with Crippen LogP contribution in [0.1, 0.15) is 40.1 Å². The maximum atomic E-state index is 11.7. The molecule has 3 aromatic rings. The topological polar surface area (TPSA) is 54.1 Å². The molecule has 1 atom stereocenters. The number of H-pyrrole nitrogens is 1. The number of Topliss-reactive ketones (excluding diaryl/α,β-unsaturated/α-hetero) is 1. The predicted molar refractivity (Wildman–Crippen MR) is 99.4 cm³/mol. The second kappa shape index (κ2) is 6.37. The lowest BCUT2D eigenvalue weighted by atomic mass is 9.94. The highest BCUT2D eigenvalue weighted by Gasteiger charge is 2.25. The number of ether oxygens (including phenoxy) is 1. The zero-order valence-corrected chi connectivity index (χ0v) is 14.6. The standard InChI is InChI=1S/C21H22N2O2/c1-13(24)14-7-8-18-17(11-14)16-9-10-22-19(21(16)23-18)12-15-5-3-4-6-20(15)25-2/h3-8,11,19,22-23H,9-10,12H2,1-2H3. The molecule has 0 amide bonds. The first-order chi connectivity index (χ1) is 12.2. The number of methoxy groups -OCH3 is 1. The van der Waals surface area contributed by atoms with E-state index in [4.69, 9.17) is 4.74 Å². The van der Waals surface area contributed by atoms with Gasteiger partial charge in [0.2, 0.25) is 0 Å². The van der Waals surface area contributed by atoms with Crippen molar-refractivity contribution in [1.29, 1.82) is 0 Å². The average Bonchev–Trinajstić information content (AvgIpc) is 3.01. The number of aromatic nitrogens is 1. The summed E-state index contributed by atoms with van der Waals surface area (Å²) in [5.41, 5.74) is 5.63. The van der Waals surface area contributed by atoms with Crippen LogP contribution in [0.15, 0.2) is 42.5 Å². The van der Waals surface area contributed by atoms with Gasteiger partial charge in [-0.15, -0.1) is 0 Å². The molecule has 4 rings (SSSR count). The van der Waals surface area contributed by atoms with Crippen LogP contribution in [0, 0.1) is 0 Å². The van der Waals surface area contributed by atoms with Gasteiger partial charge in [0.15, 0.2) is 5.78 Å². The van der Waals surface area contributed by atoms with Crippen LogP contribution in [0.3, 0.4) is 0 Å². The highest BCUT2D eigenvalue weighted by Crippen LogP contribution is 2.33. The number of carbonyl (C=O) groups is 1. The molecule has 0 saturated heterocycles. The highest BCUT2D eigenvalue weighted by molar-refractivity contribution is 5.99. The largest absolute Gasteiger partial charge is 0.496 e. The average molecular weight is 334 g/mol. The quantitative estimate of drug-likeness (QED) is 0.714. The third kappa shape index (κ3) is 2.83. The van der Waals surface area contributed by atoms with E-state index < -0.39 is 0 Å². The monoisotopic (exact) mass is 334 g/mol. The van der Waals surface area contributed by atoms with Crippen LogP contribution in [0.25, 0.3) is 10.9 Å². The Balaban J connectivity index is 1.74. The Morgan fingerprint density at radius 1 is 1.24 bits per heavy atom. The van der Waals surface area contributed by atoms with E-state index in [1.165, 1.54) is 22.2 Å². The van der Waals surface area contributed by atoms with E-state index in [1.807, 2.05) is 36.4 Å². The Morgan fingerprint density at radius 3 is 2.88 bits per heavy atom. The minimum Gasteiger partial charge on any atom is -0.496 e. The van der Waals surface area contributed by atoms with Crippen LogP contribution in [-0.4, -0.2) is 24.4 Å². The number of hydrogen-bond donors (Lipinski definition) is 2. The number of benzene rings is 2. The Morgan fingerprint density at radius 2 is 2.08 bits per heavy atom. The number of fused-ring (bicyclic) bond motifs is 3. The number of nitrogens with one attached hydrogen (secondary N) is 2. The molecule has 2 aromatic carbocycles. The summed E-state index contributed by atoms with van der Waals surface area (Å²) in [6, 6.07) is 14.3. The molecule has 2 heterocycles. The molecule has 0 spiro atoms. The molecule has 4 heteroatoms. The first-order valence-electron chi connectivity index (χ1n) is 8.68. The summed E-state index contributed by atoms with van der Waals surface area (Å²) in [6.45, 7) is 2.55.